The summed E-state index contributed by atoms with van der Waals surface area (Å²) < 4.78 is 0. The number of aromatic nitrogens is 2. The number of nitrogens with zero attached hydrogens (tertiary/aromatic N) is 2. The number of carbonyl (C=O) groups is 1. The Balaban J connectivity index is 2.01. The van der Waals surface area contributed by atoms with Crippen LogP contribution in [0.2, 0.25) is 5.15 Å². The maximum absolute atomic E-state index is 11.5. The molecule has 1 heterocycles. The summed E-state index contributed by atoms with van der Waals surface area (Å²) >= 11 is 5.58. The minimum atomic E-state index is -0.449. The van der Waals surface area contributed by atoms with Gasteiger partial charge in [0.2, 0.25) is 0 Å². The lowest BCUT2D eigenvalue weighted by atomic mass is 10.2. The number of nitrogens with one attached hydrogen (secondary N) is 1. The van der Waals surface area contributed by atoms with Gasteiger partial charge in [-0.3, -0.25) is 10.1 Å². The van der Waals surface area contributed by atoms with Gasteiger partial charge in [-0.15, -0.1) is 0 Å². The molecular weight excluding hydrogens is 250 g/mol. The van der Waals surface area contributed by atoms with Crippen LogP contribution in [0.1, 0.15) is 5.56 Å². The van der Waals surface area contributed by atoms with E-state index in [-0.39, 0.29) is 5.15 Å². The smallest absolute Gasteiger partial charge is 0.298 e. The van der Waals surface area contributed by atoms with Crippen LogP contribution in [-0.4, -0.2) is 15.9 Å². The zero-order valence-electron chi connectivity index (χ0n) is 9.22. The van der Waals surface area contributed by atoms with Crippen LogP contribution in [0.4, 0.5) is 5.82 Å². The number of amides is 1. The van der Waals surface area contributed by atoms with Crippen molar-refractivity contribution in [3.05, 3.63) is 53.4 Å². The van der Waals surface area contributed by atoms with Crippen LogP contribution < -0.4 is 5.32 Å². The third-order valence-corrected chi connectivity index (χ3v) is 2.15. The zero-order chi connectivity index (χ0) is 12.8. The standard InChI is InChI=1S/C13H8ClN3O/c14-11-8-16-12(9-15-11)17-13(18)7-6-10-4-2-1-3-5-10/h1-5,8-9H,(H,16,17,18). The largest absolute Gasteiger partial charge is 0.301 e. The van der Waals surface area contributed by atoms with Crippen LogP contribution in [0.15, 0.2) is 42.7 Å². The van der Waals surface area contributed by atoms with E-state index in [0.29, 0.717) is 5.82 Å². The fourth-order valence-corrected chi connectivity index (χ4v) is 1.27. The predicted octanol–water partition coefficient (Wildman–Crippen LogP) is 2.12. The van der Waals surface area contributed by atoms with E-state index in [2.05, 4.69) is 27.1 Å². The van der Waals surface area contributed by atoms with Crippen molar-refractivity contribution in [2.45, 2.75) is 0 Å². The lowest BCUT2D eigenvalue weighted by molar-refractivity contribution is -0.111. The number of benzene rings is 1. The number of anilines is 1. The molecule has 0 radical (unpaired) electrons. The van der Waals surface area contributed by atoms with E-state index in [9.17, 15) is 4.79 Å². The third-order valence-electron chi connectivity index (χ3n) is 1.96. The second-order valence-electron chi connectivity index (χ2n) is 3.29. The fraction of sp³-hybridized carbons (Fsp3) is 0. The topological polar surface area (TPSA) is 54.9 Å². The molecule has 5 heteroatoms. The van der Waals surface area contributed by atoms with Crippen molar-refractivity contribution < 1.29 is 4.79 Å². The van der Waals surface area contributed by atoms with Gasteiger partial charge in [-0.2, -0.15) is 0 Å². The van der Waals surface area contributed by atoms with Crippen molar-refractivity contribution >= 4 is 23.3 Å². The SMILES string of the molecule is O=C(C#Cc1ccccc1)Nc1cnc(Cl)cn1. The number of rotatable bonds is 1. The molecule has 0 unspecified atom stereocenters. The first-order valence-corrected chi connectivity index (χ1v) is 5.47. The van der Waals surface area contributed by atoms with Gasteiger partial charge in [0.25, 0.3) is 0 Å². The van der Waals surface area contributed by atoms with E-state index < -0.39 is 5.91 Å². The van der Waals surface area contributed by atoms with Gasteiger partial charge in [-0.1, -0.05) is 35.7 Å². The normalized spacial score (nSPS) is 9.17. The second kappa shape index (κ2) is 5.80. The van der Waals surface area contributed by atoms with Crippen LogP contribution in [0, 0.1) is 11.8 Å². The Morgan fingerprint density at radius 3 is 2.61 bits per heavy atom. The zero-order valence-corrected chi connectivity index (χ0v) is 9.98. The minimum Gasteiger partial charge on any atom is -0.298 e. The van der Waals surface area contributed by atoms with Crippen LogP contribution in [-0.2, 0) is 4.79 Å². The minimum absolute atomic E-state index is 0.267. The average Bonchev–Trinajstić information content (AvgIpc) is 2.40. The van der Waals surface area contributed by atoms with Crippen molar-refractivity contribution in [1.82, 2.24) is 9.97 Å². The van der Waals surface area contributed by atoms with Crippen molar-refractivity contribution in [3.63, 3.8) is 0 Å². The van der Waals surface area contributed by atoms with Gasteiger partial charge in [0, 0.05) is 11.5 Å². The Hall–Kier alpha value is -2.38. The third kappa shape index (κ3) is 3.58. The summed E-state index contributed by atoms with van der Waals surface area (Å²) in [6, 6.07) is 9.23. The molecule has 1 N–H and O–H groups in total. The Morgan fingerprint density at radius 1 is 1.17 bits per heavy atom. The molecule has 88 valence electrons. The maximum Gasteiger partial charge on any atom is 0.301 e. The quantitative estimate of drug-likeness (QED) is 0.796. The fourth-order valence-electron chi connectivity index (χ4n) is 1.17. The summed E-state index contributed by atoms with van der Waals surface area (Å²) in [5, 5.41) is 2.76. The summed E-state index contributed by atoms with van der Waals surface area (Å²) in [6.07, 6.45) is 2.71. The molecule has 0 spiro atoms. The summed E-state index contributed by atoms with van der Waals surface area (Å²) in [6.45, 7) is 0. The highest BCUT2D eigenvalue weighted by Gasteiger charge is 1.99. The molecule has 1 amide bonds. The molecular formula is C13H8ClN3O. The molecule has 1 aromatic heterocycles. The first-order chi connectivity index (χ1) is 8.74. The molecule has 0 aliphatic heterocycles. The molecule has 2 rings (SSSR count). The molecule has 0 bridgehead atoms. The summed E-state index contributed by atoms with van der Waals surface area (Å²) in [4.78, 5) is 19.2. The van der Waals surface area contributed by atoms with E-state index in [0.717, 1.165) is 5.56 Å². The molecule has 4 nitrogen and oxygen atoms in total. The highest BCUT2D eigenvalue weighted by molar-refractivity contribution is 6.29. The lowest BCUT2D eigenvalue weighted by Crippen LogP contribution is -2.10. The number of hydrogen-bond acceptors (Lipinski definition) is 3. The van der Waals surface area contributed by atoms with E-state index in [4.69, 9.17) is 11.6 Å². The van der Waals surface area contributed by atoms with Crippen molar-refractivity contribution in [2.24, 2.45) is 0 Å². The lowest BCUT2D eigenvalue weighted by Gasteiger charge is -1.97. The van der Waals surface area contributed by atoms with Crippen LogP contribution in [0.3, 0.4) is 0 Å². The molecule has 0 aliphatic rings. The van der Waals surface area contributed by atoms with Crippen molar-refractivity contribution in [3.8, 4) is 11.8 Å². The number of carbonyl (C=O) groups excluding carboxylic acids is 1. The van der Waals surface area contributed by atoms with E-state index >= 15 is 0 Å². The molecule has 18 heavy (non-hydrogen) atoms. The summed E-state index contributed by atoms with van der Waals surface area (Å²) in [5.74, 6) is 5.06. The molecule has 2 aromatic rings. The van der Waals surface area contributed by atoms with Crippen LogP contribution >= 0.6 is 11.6 Å². The molecule has 0 atom stereocenters. The molecule has 0 saturated heterocycles. The van der Waals surface area contributed by atoms with Gasteiger partial charge in [-0.05, 0) is 12.1 Å². The average molecular weight is 258 g/mol. The van der Waals surface area contributed by atoms with E-state index in [1.807, 2.05) is 30.3 Å². The predicted molar refractivity (Wildman–Crippen MR) is 69.0 cm³/mol. The Morgan fingerprint density at radius 2 is 1.94 bits per heavy atom. The summed E-state index contributed by atoms with van der Waals surface area (Å²) in [7, 11) is 0. The Bertz CT molecular complexity index is 600. The van der Waals surface area contributed by atoms with Gasteiger partial charge in [-0.25, -0.2) is 9.97 Å². The molecule has 0 aliphatic carbocycles. The van der Waals surface area contributed by atoms with Crippen molar-refractivity contribution in [1.29, 1.82) is 0 Å². The van der Waals surface area contributed by atoms with E-state index in [1.54, 1.807) is 0 Å². The Labute approximate surface area is 109 Å². The van der Waals surface area contributed by atoms with Crippen LogP contribution in [0.5, 0.6) is 0 Å². The highest BCUT2D eigenvalue weighted by atomic mass is 35.5. The maximum atomic E-state index is 11.5. The molecule has 0 saturated carbocycles. The van der Waals surface area contributed by atoms with E-state index in [1.165, 1.54) is 12.4 Å². The second-order valence-corrected chi connectivity index (χ2v) is 3.68. The summed E-state index contributed by atoms with van der Waals surface area (Å²) in [5.41, 5.74) is 0.773. The van der Waals surface area contributed by atoms with Gasteiger partial charge in [0.1, 0.15) is 5.15 Å². The van der Waals surface area contributed by atoms with Gasteiger partial charge in [0.05, 0.1) is 12.4 Å². The van der Waals surface area contributed by atoms with Gasteiger partial charge >= 0.3 is 5.91 Å². The first-order valence-electron chi connectivity index (χ1n) is 5.09. The van der Waals surface area contributed by atoms with Crippen LogP contribution in [0.25, 0.3) is 0 Å². The number of hydrogen-bond donors (Lipinski definition) is 1. The van der Waals surface area contributed by atoms with Crippen molar-refractivity contribution in [2.75, 3.05) is 5.32 Å². The van der Waals surface area contributed by atoms with Gasteiger partial charge < -0.3 is 0 Å². The number of halogens is 1. The highest BCUT2D eigenvalue weighted by Crippen LogP contribution is 2.04. The molecule has 1 aromatic carbocycles. The Kier molecular flexibility index (Phi) is 3.90. The first kappa shape index (κ1) is 12.1. The monoisotopic (exact) mass is 257 g/mol. The molecule has 0 fully saturated rings. The van der Waals surface area contributed by atoms with Gasteiger partial charge in [0.15, 0.2) is 5.82 Å².